The van der Waals surface area contributed by atoms with E-state index in [1.165, 1.54) is 6.20 Å². The highest BCUT2D eigenvalue weighted by molar-refractivity contribution is 6.30. The molecule has 1 aliphatic heterocycles. The Morgan fingerprint density at radius 1 is 1.03 bits per heavy atom. The van der Waals surface area contributed by atoms with Crippen LogP contribution < -0.4 is 10.2 Å². The van der Waals surface area contributed by atoms with E-state index < -0.39 is 0 Å². The number of pyridine rings is 1. The highest BCUT2D eigenvalue weighted by atomic mass is 35.5. The van der Waals surface area contributed by atoms with Gasteiger partial charge in [0.2, 0.25) is 0 Å². The SMILES string of the molecule is C.CN(C)c1ccc(CC(=O)c2ccc(C(=N)N3CCCC3)cc2)c(C(=O)Nc2ccc(Cl)cn2)c1. The first-order chi connectivity index (χ1) is 16.8. The highest BCUT2D eigenvalue weighted by Gasteiger charge is 2.19. The Morgan fingerprint density at radius 3 is 2.31 bits per heavy atom. The molecular formula is C28H32ClN5O2. The van der Waals surface area contributed by atoms with Gasteiger partial charge in [0.05, 0.1) is 5.02 Å². The predicted octanol–water partition coefficient (Wildman–Crippen LogP) is 5.54. The van der Waals surface area contributed by atoms with Gasteiger partial charge in [0.1, 0.15) is 11.7 Å². The zero-order valence-electron chi connectivity index (χ0n) is 19.8. The first-order valence-electron chi connectivity index (χ1n) is 11.5. The van der Waals surface area contributed by atoms with Gasteiger partial charge in [-0.1, -0.05) is 49.4 Å². The summed E-state index contributed by atoms with van der Waals surface area (Å²) in [6.07, 6.45) is 3.75. The van der Waals surface area contributed by atoms with E-state index in [9.17, 15) is 9.59 Å². The molecule has 0 atom stereocenters. The smallest absolute Gasteiger partial charge is 0.257 e. The number of hydrogen-bond donors (Lipinski definition) is 2. The number of nitrogens with zero attached hydrogens (tertiary/aromatic N) is 3. The lowest BCUT2D eigenvalue weighted by Gasteiger charge is -2.18. The van der Waals surface area contributed by atoms with Crippen molar-refractivity contribution in [3.63, 3.8) is 0 Å². The molecule has 1 saturated heterocycles. The number of ketones is 1. The van der Waals surface area contributed by atoms with Crippen molar-refractivity contribution in [2.45, 2.75) is 26.7 Å². The molecule has 188 valence electrons. The fraction of sp³-hybridized carbons (Fsp3) is 0.286. The number of halogens is 1. The summed E-state index contributed by atoms with van der Waals surface area (Å²) in [5.41, 5.74) is 3.23. The van der Waals surface area contributed by atoms with Crippen molar-refractivity contribution in [1.82, 2.24) is 9.88 Å². The number of amidine groups is 1. The van der Waals surface area contributed by atoms with Crippen LogP contribution in [0, 0.1) is 5.41 Å². The Balaban J connectivity index is 0.00000361. The van der Waals surface area contributed by atoms with E-state index in [-0.39, 0.29) is 25.5 Å². The zero-order chi connectivity index (χ0) is 24.9. The molecule has 2 heterocycles. The van der Waals surface area contributed by atoms with Crippen LogP contribution in [0.5, 0.6) is 0 Å². The summed E-state index contributed by atoms with van der Waals surface area (Å²) in [6.45, 7) is 1.80. The number of carbonyl (C=O) groups is 2. The number of anilines is 2. The van der Waals surface area contributed by atoms with Crippen molar-refractivity contribution in [1.29, 1.82) is 5.41 Å². The van der Waals surface area contributed by atoms with Gasteiger partial charge in [0, 0.05) is 62.2 Å². The van der Waals surface area contributed by atoms with Gasteiger partial charge < -0.3 is 15.1 Å². The van der Waals surface area contributed by atoms with Gasteiger partial charge >= 0.3 is 0 Å². The Bertz CT molecular complexity index is 1230. The van der Waals surface area contributed by atoms with Gasteiger partial charge in [-0.3, -0.25) is 15.0 Å². The fourth-order valence-corrected chi connectivity index (χ4v) is 4.17. The van der Waals surface area contributed by atoms with Gasteiger partial charge in [0.15, 0.2) is 5.78 Å². The van der Waals surface area contributed by atoms with E-state index >= 15 is 0 Å². The van der Waals surface area contributed by atoms with Crippen LogP contribution in [0.25, 0.3) is 0 Å². The largest absolute Gasteiger partial charge is 0.378 e. The third kappa shape index (κ3) is 6.29. The molecule has 4 rings (SSSR count). The lowest BCUT2D eigenvalue weighted by atomic mass is 9.97. The molecule has 2 aromatic carbocycles. The minimum atomic E-state index is -0.347. The molecule has 0 aliphatic carbocycles. The average molecular weight is 506 g/mol. The molecule has 1 fully saturated rings. The van der Waals surface area contributed by atoms with E-state index in [0.717, 1.165) is 37.2 Å². The molecule has 7 nitrogen and oxygen atoms in total. The lowest BCUT2D eigenvalue weighted by molar-refractivity contribution is 0.0992. The molecule has 1 amide bonds. The van der Waals surface area contributed by atoms with Crippen LogP contribution in [0.1, 0.15) is 52.1 Å². The topological polar surface area (TPSA) is 89.4 Å². The van der Waals surface area contributed by atoms with E-state index in [1.807, 2.05) is 43.3 Å². The van der Waals surface area contributed by atoms with Crippen LogP contribution in [-0.4, -0.2) is 54.6 Å². The Hall–Kier alpha value is -3.71. The van der Waals surface area contributed by atoms with Crippen LogP contribution in [0.4, 0.5) is 11.5 Å². The second-order valence-electron chi connectivity index (χ2n) is 8.77. The van der Waals surface area contributed by atoms with Crippen LogP contribution in [0.3, 0.4) is 0 Å². The second-order valence-corrected chi connectivity index (χ2v) is 9.21. The van der Waals surface area contributed by atoms with Crippen molar-refractivity contribution in [3.8, 4) is 0 Å². The van der Waals surface area contributed by atoms with Gasteiger partial charge in [-0.15, -0.1) is 0 Å². The molecule has 0 radical (unpaired) electrons. The molecule has 0 spiro atoms. The number of likely N-dealkylation sites (tertiary alicyclic amines) is 1. The number of hydrogen-bond acceptors (Lipinski definition) is 5. The third-order valence-corrected chi connectivity index (χ3v) is 6.30. The maximum absolute atomic E-state index is 13.1. The monoisotopic (exact) mass is 505 g/mol. The zero-order valence-corrected chi connectivity index (χ0v) is 20.6. The van der Waals surface area contributed by atoms with Gasteiger partial charge in [-0.2, -0.15) is 0 Å². The Kier molecular flexibility index (Phi) is 8.83. The molecule has 8 heteroatoms. The molecule has 3 aromatic rings. The summed E-state index contributed by atoms with van der Waals surface area (Å²) in [5, 5.41) is 11.7. The summed E-state index contributed by atoms with van der Waals surface area (Å²) in [4.78, 5) is 34.3. The lowest BCUT2D eigenvalue weighted by Crippen LogP contribution is -2.27. The van der Waals surface area contributed by atoms with Gasteiger partial charge in [0.25, 0.3) is 5.91 Å². The van der Waals surface area contributed by atoms with Crippen molar-refractivity contribution < 1.29 is 9.59 Å². The van der Waals surface area contributed by atoms with Gasteiger partial charge in [-0.05, 0) is 42.7 Å². The maximum Gasteiger partial charge on any atom is 0.257 e. The number of amides is 1. The molecule has 2 N–H and O–H groups in total. The molecule has 36 heavy (non-hydrogen) atoms. The van der Waals surface area contributed by atoms with Crippen LogP contribution in [0.2, 0.25) is 5.02 Å². The standard InChI is InChI=1S/C27H28ClN5O2.CH4/c1-32(2)22-11-9-20(23(16-22)27(35)31-25-12-10-21(28)17-30-25)15-24(34)18-5-7-19(8-6-18)26(29)33-13-3-4-14-33;/h5-12,16-17,29H,3-4,13-15H2,1-2H3,(H,30,31,35);1H4. The molecule has 0 unspecified atom stereocenters. The van der Waals surface area contributed by atoms with E-state index in [1.54, 1.807) is 30.3 Å². The van der Waals surface area contributed by atoms with Crippen molar-refractivity contribution >= 4 is 40.6 Å². The summed E-state index contributed by atoms with van der Waals surface area (Å²) in [7, 11) is 3.79. The molecule has 1 aromatic heterocycles. The fourth-order valence-electron chi connectivity index (χ4n) is 4.05. The summed E-state index contributed by atoms with van der Waals surface area (Å²) in [5.74, 6) is 0.430. The minimum absolute atomic E-state index is 0. The van der Waals surface area contributed by atoms with E-state index in [2.05, 4.69) is 15.2 Å². The first kappa shape index (κ1) is 26.9. The summed E-state index contributed by atoms with van der Waals surface area (Å²) in [6, 6.07) is 15.9. The van der Waals surface area contributed by atoms with E-state index in [0.29, 0.717) is 33.4 Å². The Morgan fingerprint density at radius 2 is 1.69 bits per heavy atom. The van der Waals surface area contributed by atoms with Crippen LogP contribution in [-0.2, 0) is 6.42 Å². The number of nitrogens with one attached hydrogen (secondary N) is 2. The number of aromatic nitrogens is 1. The summed E-state index contributed by atoms with van der Waals surface area (Å²) < 4.78 is 0. The summed E-state index contributed by atoms with van der Waals surface area (Å²) >= 11 is 5.89. The highest BCUT2D eigenvalue weighted by Crippen LogP contribution is 2.22. The average Bonchev–Trinajstić information content (AvgIpc) is 3.40. The van der Waals surface area contributed by atoms with Crippen LogP contribution >= 0.6 is 11.6 Å². The number of carbonyl (C=O) groups excluding carboxylic acids is 2. The van der Waals surface area contributed by atoms with Crippen molar-refractivity contribution in [2.24, 2.45) is 0 Å². The predicted molar refractivity (Wildman–Crippen MR) is 147 cm³/mol. The van der Waals surface area contributed by atoms with Crippen LogP contribution in [0.15, 0.2) is 60.8 Å². The molecule has 0 bridgehead atoms. The quantitative estimate of drug-likeness (QED) is 0.250. The number of Topliss-reactive ketones (excluding diaryl/α,β-unsaturated/α-hetero) is 1. The molecule has 0 saturated carbocycles. The minimum Gasteiger partial charge on any atom is -0.378 e. The third-order valence-electron chi connectivity index (χ3n) is 6.08. The number of benzene rings is 2. The molecular weight excluding hydrogens is 474 g/mol. The normalized spacial score (nSPS) is 12.6. The van der Waals surface area contributed by atoms with Gasteiger partial charge in [-0.25, -0.2) is 4.98 Å². The van der Waals surface area contributed by atoms with Crippen molar-refractivity contribution in [3.05, 3.63) is 88.1 Å². The maximum atomic E-state index is 13.1. The van der Waals surface area contributed by atoms with E-state index in [4.69, 9.17) is 17.0 Å². The second kappa shape index (κ2) is 11.8. The number of rotatable bonds is 7. The first-order valence-corrected chi connectivity index (χ1v) is 11.9. The van der Waals surface area contributed by atoms with Crippen molar-refractivity contribution in [2.75, 3.05) is 37.4 Å². The molecule has 1 aliphatic rings. The Labute approximate surface area is 217 Å².